The van der Waals surface area contributed by atoms with Gasteiger partial charge in [0.2, 0.25) is 0 Å². The molecule has 0 aliphatic heterocycles. The lowest BCUT2D eigenvalue weighted by Crippen LogP contribution is -2.23. The molecule has 3 aromatic carbocycles. The number of fused-ring (bicyclic) bond motifs is 1. The molecule has 0 aliphatic rings. The highest BCUT2D eigenvalue weighted by molar-refractivity contribution is 5.90. The smallest absolute Gasteiger partial charge is 0.145 e. The molecule has 3 rings (SSSR count). The van der Waals surface area contributed by atoms with Gasteiger partial charge < -0.3 is 10.8 Å². The summed E-state index contributed by atoms with van der Waals surface area (Å²) in [6.07, 6.45) is 0.336. The Balaban J connectivity index is 1.83. The molecule has 0 saturated heterocycles. The number of rotatable bonds is 5. The molecule has 3 heteroatoms. The minimum absolute atomic E-state index is 0.0633. The van der Waals surface area contributed by atoms with Gasteiger partial charge in [-0.05, 0) is 34.0 Å². The van der Waals surface area contributed by atoms with Crippen LogP contribution in [0.1, 0.15) is 17.0 Å². The number of benzene rings is 3. The van der Waals surface area contributed by atoms with Crippen LogP contribution in [-0.2, 0) is 11.2 Å². The fourth-order valence-corrected chi connectivity index (χ4v) is 2.87. The van der Waals surface area contributed by atoms with E-state index in [1.807, 2.05) is 42.5 Å². The Labute approximate surface area is 135 Å². The molecule has 0 heterocycles. The van der Waals surface area contributed by atoms with Gasteiger partial charge in [0.15, 0.2) is 0 Å². The van der Waals surface area contributed by atoms with Crippen LogP contribution in [0.2, 0.25) is 0 Å². The van der Waals surface area contributed by atoms with Crippen molar-refractivity contribution in [3.63, 3.8) is 0 Å². The van der Waals surface area contributed by atoms with Gasteiger partial charge >= 0.3 is 0 Å². The molecule has 23 heavy (non-hydrogen) atoms. The molecule has 0 spiro atoms. The van der Waals surface area contributed by atoms with Gasteiger partial charge in [0.1, 0.15) is 11.5 Å². The summed E-state index contributed by atoms with van der Waals surface area (Å²) in [5.41, 5.74) is 7.54. The molecular formula is C20H19NO2. The highest BCUT2D eigenvalue weighted by Gasteiger charge is 2.19. The number of carbonyl (C=O) groups is 1. The van der Waals surface area contributed by atoms with Crippen LogP contribution < -0.4 is 5.73 Å². The van der Waals surface area contributed by atoms with Crippen LogP contribution in [-0.4, -0.2) is 17.4 Å². The Hall–Kier alpha value is -2.65. The van der Waals surface area contributed by atoms with Crippen molar-refractivity contribution < 1.29 is 9.90 Å². The van der Waals surface area contributed by atoms with Crippen LogP contribution in [0, 0.1) is 0 Å². The maximum absolute atomic E-state index is 12.6. The number of carbonyl (C=O) groups excluding carboxylic acids is 1. The van der Waals surface area contributed by atoms with Crippen molar-refractivity contribution >= 4 is 16.6 Å². The monoisotopic (exact) mass is 305 g/mol. The SMILES string of the molecule is NCC(C(=O)Cc1ccc2ccccc2c1)c1cccc(O)c1. The van der Waals surface area contributed by atoms with Crippen LogP contribution in [0.4, 0.5) is 0 Å². The summed E-state index contributed by atoms with van der Waals surface area (Å²) in [6, 6.07) is 20.9. The molecular weight excluding hydrogens is 286 g/mol. The molecule has 0 bridgehead atoms. The van der Waals surface area contributed by atoms with Crippen molar-refractivity contribution in [1.29, 1.82) is 0 Å². The summed E-state index contributed by atoms with van der Waals surface area (Å²) in [6.45, 7) is 0.232. The Kier molecular flexibility index (Phi) is 4.40. The molecule has 116 valence electrons. The predicted octanol–water partition coefficient (Wildman–Crippen LogP) is 3.40. The highest BCUT2D eigenvalue weighted by Crippen LogP contribution is 2.23. The van der Waals surface area contributed by atoms with Gasteiger partial charge in [-0.15, -0.1) is 0 Å². The minimum Gasteiger partial charge on any atom is -0.508 e. The molecule has 1 atom stereocenters. The zero-order valence-corrected chi connectivity index (χ0v) is 12.8. The summed E-state index contributed by atoms with van der Waals surface area (Å²) < 4.78 is 0. The van der Waals surface area contributed by atoms with E-state index in [1.165, 1.54) is 0 Å². The van der Waals surface area contributed by atoms with Gasteiger partial charge in [0, 0.05) is 13.0 Å². The second kappa shape index (κ2) is 6.63. The standard InChI is InChI=1S/C20H19NO2/c21-13-19(17-6-3-7-18(22)12-17)20(23)11-14-8-9-15-4-1-2-5-16(15)10-14/h1-10,12,19,22H,11,13,21H2. The summed E-state index contributed by atoms with van der Waals surface area (Å²) in [5.74, 6) is -0.179. The third kappa shape index (κ3) is 3.41. The molecule has 0 saturated carbocycles. The normalized spacial score (nSPS) is 12.2. The lowest BCUT2D eigenvalue weighted by molar-refractivity contribution is -0.119. The number of Topliss-reactive ketones (excluding diaryl/α,β-unsaturated/α-hetero) is 1. The van der Waals surface area contributed by atoms with E-state index in [0.29, 0.717) is 6.42 Å². The van der Waals surface area contributed by atoms with Gasteiger partial charge in [0.05, 0.1) is 5.92 Å². The number of ketones is 1. The van der Waals surface area contributed by atoms with Gasteiger partial charge in [-0.2, -0.15) is 0 Å². The quantitative estimate of drug-likeness (QED) is 0.759. The first-order chi connectivity index (χ1) is 11.2. The van der Waals surface area contributed by atoms with Crippen molar-refractivity contribution in [2.75, 3.05) is 6.54 Å². The topological polar surface area (TPSA) is 63.3 Å². The highest BCUT2D eigenvalue weighted by atomic mass is 16.3. The predicted molar refractivity (Wildman–Crippen MR) is 92.6 cm³/mol. The third-order valence-electron chi connectivity index (χ3n) is 4.09. The molecule has 3 aromatic rings. The fraction of sp³-hybridized carbons (Fsp3) is 0.150. The van der Waals surface area contributed by atoms with E-state index in [1.54, 1.807) is 18.2 Å². The fourth-order valence-electron chi connectivity index (χ4n) is 2.87. The zero-order valence-electron chi connectivity index (χ0n) is 12.8. The van der Waals surface area contributed by atoms with Crippen LogP contribution in [0.15, 0.2) is 66.7 Å². The zero-order chi connectivity index (χ0) is 16.2. The number of phenolic OH excluding ortho intramolecular Hbond substituents is 1. The van der Waals surface area contributed by atoms with Crippen LogP contribution in [0.3, 0.4) is 0 Å². The van der Waals surface area contributed by atoms with E-state index < -0.39 is 5.92 Å². The molecule has 0 radical (unpaired) electrons. The number of hydrogen-bond acceptors (Lipinski definition) is 3. The van der Waals surface area contributed by atoms with E-state index in [-0.39, 0.29) is 18.1 Å². The molecule has 0 aromatic heterocycles. The second-order valence-electron chi connectivity index (χ2n) is 5.71. The van der Waals surface area contributed by atoms with Crippen molar-refractivity contribution in [3.8, 4) is 5.75 Å². The van der Waals surface area contributed by atoms with Gasteiger partial charge in [-0.1, -0.05) is 54.6 Å². The first kappa shape index (κ1) is 15.3. The van der Waals surface area contributed by atoms with Crippen LogP contribution in [0.5, 0.6) is 5.75 Å². The van der Waals surface area contributed by atoms with E-state index >= 15 is 0 Å². The largest absolute Gasteiger partial charge is 0.508 e. The van der Waals surface area contributed by atoms with Crippen molar-refractivity contribution in [2.45, 2.75) is 12.3 Å². The molecule has 0 amide bonds. The lowest BCUT2D eigenvalue weighted by atomic mass is 9.90. The molecule has 3 nitrogen and oxygen atoms in total. The van der Waals surface area contributed by atoms with E-state index in [9.17, 15) is 9.90 Å². The van der Waals surface area contributed by atoms with E-state index in [0.717, 1.165) is 21.9 Å². The Morgan fingerprint density at radius 1 is 0.957 bits per heavy atom. The van der Waals surface area contributed by atoms with Crippen LogP contribution in [0.25, 0.3) is 10.8 Å². The number of phenols is 1. The van der Waals surface area contributed by atoms with E-state index in [4.69, 9.17) is 5.73 Å². The first-order valence-electron chi connectivity index (χ1n) is 7.67. The average molecular weight is 305 g/mol. The maximum atomic E-state index is 12.6. The molecule has 3 N–H and O–H groups in total. The molecule has 0 fully saturated rings. The minimum atomic E-state index is -0.395. The number of hydrogen-bond donors (Lipinski definition) is 2. The van der Waals surface area contributed by atoms with Crippen molar-refractivity contribution in [3.05, 3.63) is 77.9 Å². The van der Waals surface area contributed by atoms with Gasteiger partial charge in [-0.3, -0.25) is 4.79 Å². The number of aromatic hydroxyl groups is 1. The molecule has 0 aliphatic carbocycles. The second-order valence-corrected chi connectivity index (χ2v) is 5.71. The Morgan fingerprint density at radius 3 is 2.48 bits per heavy atom. The summed E-state index contributed by atoms with van der Waals surface area (Å²) in [5, 5.41) is 11.9. The average Bonchev–Trinajstić information content (AvgIpc) is 2.55. The summed E-state index contributed by atoms with van der Waals surface area (Å²) in [7, 11) is 0. The van der Waals surface area contributed by atoms with Crippen LogP contribution >= 0.6 is 0 Å². The molecule has 1 unspecified atom stereocenters. The summed E-state index contributed by atoms with van der Waals surface area (Å²) in [4.78, 5) is 12.6. The third-order valence-corrected chi connectivity index (χ3v) is 4.09. The number of nitrogens with two attached hydrogens (primary N) is 1. The maximum Gasteiger partial charge on any atom is 0.145 e. The Morgan fingerprint density at radius 2 is 1.74 bits per heavy atom. The van der Waals surface area contributed by atoms with Crippen molar-refractivity contribution in [1.82, 2.24) is 0 Å². The van der Waals surface area contributed by atoms with Crippen molar-refractivity contribution in [2.24, 2.45) is 5.73 Å². The lowest BCUT2D eigenvalue weighted by Gasteiger charge is -2.14. The summed E-state index contributed by atoms with van der Waals surface area (Å²) >= 11 is 0. The first-order valence-corrected chi connectivity index (χ1v) is 7.67. The van der Waals surface area contributed by atoms with Gasteiger partial charge in [-0.25, -0.2) is 0 Å². The van der Waals surface area contributed by atoms with Gasteiger partial charge in [0.25, 0.3) is 0 Å². The van der Waals surface area contributed by atoms with E-state index in [2.05, 4.69) is 6.07 Å². The Bertz CT molecular complexity index is 842.